The molecule has 0 bridgehead atoms. The summed E-state index contributed by atoms with van der Waals surface area (Å²) in [4.78, 5) is 24.6. The molecular formula is C8H6FNO3. The quantitative estimate of drug-likeness (QED) is 0.503. The second-order valence-electron chi connectivity index (χ2n) is 2.17. The summed E-state index contributed by atoms with van der Waals surface area (Å²) in [6.45, 7) is 0. The van der Waals surface area contributed by atoms with Gasteiger partial charge in [-0.25, -0.2) is 14.2 Å². The number of ether oxygens (including phenoxy) is 1. The summed E-state index contributed by atoms with van der Waals surface area (Å²) in [6, 6.07) is 1.18. The lowest BCUT2D eigenvalue weighted by Gasteiger charge is -2.00. The van der Waals surface area contributed by atoms with Crippen molar-refractivity contribution in [2.75, 3.05) is 7.11 Å². The minimum Gasteiger partial charge on any atom is -0.464 e. The van der Waals surface area contributed by atoms with E-state index in [0.29, 0.717) is 6.29 Å². The molecule has 1 rings (SSSR count). The summed E-state index contributed by atoms with van der Waals surface area (Å²) in [5.41, 5.74) is -0.692. The fraction of sp³-hybridized carbons (Fsp3) is 0.125. The van der Waals surface area contributed by atoms with Gasteiger partial charge in [0.2, 0.25) is 0 Å². The van der Waals surface area contributed by atoms with Gasteiger partial charge in [-0.2, -0.15) is 0 Å². The molecule has 13 heavy (non-hydrogen) atoms. The molecule has 0 unspecified atom stereocenters. The molecule has 0 N–H and O–H groups in total. The van der Waals surface area contributed by atoms with E-state index in [2.05, 4.69) is 9.72 Å². The first-order valence-electron chi connectivity index (χ1n) is 3.38. The standard InChI is InChI=1S/C8H6FNO3/c1-13-8(12)7-6(9)5(4-11)2-3-10-7/h2-4H,1H3. The highest BCUT2D eigenvalue weighted by Gasteiger charge is 2.16. The van der Waals surface area contributed by atoms with Crippen LogP contribution in [-0.4, -0.2) is 24.3 Å². The van der Waals surface area contributed by atoms with Gasteiger partial charge in [-0.05, 0) is 6.07 Å². The molecule has 4 nitrogen and oxygen atoms in total. The predicted molar refractivity (Wildman–Crippen MR) is 40.9 cm³/mol. The molecule has 0 aromatic carbocycles. The van der Waals surface area contributed by atoms with Gasteiger partial charge in [0.1, 0.15) is 0 Å². The Hall–Kier alpha value is -1.78. The Morgan fingerprint density at radius 2 is 2.38 bits per heavy atom. The molecule has 1 heterocycles. The maximum absolute atomic E-state index is 13.1. The highest BCUT2D eigenvalue weighted by Crippen LogP contribution is 2.08. The van der Waals surface area contributed by atoms with E-state index in [-0.39, 0.29) is 5.56 Å². The summed E-state index contributed by atoms with van der Waals surface area (Å²) >= 11 is 0. The number of esters is 1. The van der Waals surface area contributed by atoms with Crippen LogP contribution in [0.25, 0.3) is 0 Å². The van der Waals surface area contributed by atoms with Crippen LogP contribution in [-0.2, 0) is 4.74 Å². The lowest BCUT2D eigenvalue weighted by atomic mass is 10.2. The minimum absolute atomic E-state index is 0.213. The molecule has 0 saturated carbocycles. The molecule has 0 amide bonds. The fourth-order valence-electron chi connectivity index (χ4n) is 0.789. The van der Waals surface area contributed by atoms with Crippen LogP contribution in [0.5, 0.6) is 0 Å². The van der Waals surface area contributed by atoms with E-state index in [9.17, 15) is 14.0 Å². The van der Waals surface area contributed by atoms with Crippen LogP contribution in [0.3, 0.4) is 0 Å². The van der Waals surface area contributed by atoms with Crippen LogP contribution < -0.4 is 0 Å². The maximum atomic E-state index is 13.1. The van der Waals surface area contributed by atoms with Gasteiger partial charge in [0.05, 0.1) is 12.7 Å². The zero-order chi connectivity index (χ0) is 9.84. The average molecular weight is 183 g/mol. The van der Waals surface area contributed by atoms with E-state index >= 15 is 0 Å². The van der Waals surface area contributed by atoms with Gasteiger partial charge in [-0.1, -0.05) is 0 Å². The second-order valence-corrected chi connectivity index (χ2v) is 2.17. The van der Waals surface area contributed by atoms with Gasteiger partial charge in [0, 0.05) is 6.20 Å². The first kappa shape index (κ1) is 9.31. The van der Waals surface area contributed by atoms with Crippen LogP contribution >= 0.6 is 0 Å². The SMILES string of the molecule is COC(=O)c1nccc(C=O)c1F. The van der Waals surface area contributed by atoms with E-state index in [0.717, 1.165) is 7.11 Å². The highest BCUT2D eigenvalue weighted by molar-refractivity contribution is 5.89. The number of halogens is 1. The third-order valence-corrected chi connectivity index (χ3v) is 1.42. The number of carbonyl (C=O) groups excluding carboxylic acids is 2. The van der Waals surface area contributed by atoms with Gasteiger partial charge in [-0.3, -0.25) is 4.79 Å². The molecular weight excluding hydrogens is 177 g/mol. The molecule has 0 spiro atoms. The molecule has 0 aliphatic rings. The zero-order valence-corrected chi connectivity index (χ0v) is 6.78. The van der Waals surface area contributed by atoms with Crippen molar-refractivity contribution >= 4 is 12.3 Å². The third-order valence-electron chi connectivity index (χ3n) is 1.42. The van der Waals surface area contributed by atoms with E-state index in [1.807, 2.05) is 0 Å². The molecule has 0 radical (unpaired) electrons. The largest absolute Gasteiger partial charge is 0.464 e. The van der Waals surface area contributed by atoms with Gasteiger partial charge in [0.25, 0.3) is 0 Å². The van der Waals surface area contributed by atoms with E-state index in [1.54, 1.807) is 0 Å². The lowest BCUT2D eigenvalue weighted by Crippen LogP contribution is -2.09. The van der Waals surface area contributed by atoms with Crippen LogP contribution in [0.15, 0.2) is 12.3 Å². The predicted octanol–water partition coefficient (Wildman–Crippen LogP) is 0.820. The molecule has 1 aromatic heterocycles. The van der Waals surface area contributed by atoms with Gasteiger partial charge in [0.15, 0.2) is 17.8 Å². The van der Waals surface area contributed by atoms with Gasteiger partial charge in [-0.15, -0.1) is 0 Å². The zero-order valence-electron chi connectivity index (χ0n) is 6.78. The number of hydrogen-bond acceptors (Lipinski definition) is 4. The van der Waals surface area contributed by atoms with Crippen molar-refractivity contribution in [3.63, 3.8) is 0 Å². The number of nitrogens with zero attached hydrogens (tertiary/aromatic N) is 1. The van der Waals surface area contributed by atoms with Crippen LogP contribution in [0.4, 0.5) is 4.39 Å². The molecule has 0 atom stereocenters. The van der Waals surface area contributed by atoms with Crippen molar-refractivity contribution in [2.45, 2.75) is 0 Å². The minimum atomic E-state index is -0.954. The molecule has 1 aromatic rings. The normalized spacial score (nSPS) is 9.38. The summed E-state index contributed by atoms with van der Waals surface area (Å²) in [6.07, 6.45) is 1.47. The number of pyridine rings is 1. The number of aromatic nitrogens is 1. The molecule has 0 fully saturated rings. The molecule has 0 aliphatic heterocycles. The van der Waals surface area contributed by atoms with E-state index in [4.69, 9.17) is 0 Å². The third kappa shape index (κ3) is 1.69. The number of carbonyl (C=O) groups is 2. The summed E-state index contributed by atoms with van der Waals surface area (Å²) in [7, 11) is 1.11. The van der Waals surface area contributed by atoms with Crippen molar-refractivity contribution in [1.82, 2.24) is 4.98 Å². The van der Waals surface area contributed by atoms with Crippen molar-refractivity contribution in [2.24, 2.45) is 0 Å². The molecule has 68 valence electrons. The van der Waals surface area contributed by atoms with Crippen molar-refractivity contribution in [3.8, 4) is 0 Å². The fourth-order valence-corrected chi connectivity index (χ4v) is 0.789. The summed E-state index contributed by atoms with van der Waals surface area (Å²) in [5, 5.41) is 0. The Kier molecular flexibility index (Phi) is 2.69. The van der Waals surface area contributed by atoms with Crippen molar-refractivity contribution in [1.29, 1.82) is 0 Å². The highest BCUT2D eigenvalue weighted by atomic mass is 19.1. The Labute approximate surface area is 73.3 Å². The topological polar surface area (TPSA) is 56.3 Å². The molecule has 5 heteroatoms. The Bertz CT molecular complexity index is 351. The first-order valence-corrected chi connectivity index (χ1v) is 3.38. The van der Waals surface area contributed by atoms with Crippen LogP contribution in [0.1, 0.15) is 20.8 Å². The first-order chi connectivity index (χ1) is 6.20. The Morgan fingerprint density at radius 3 is 2.92 bits per heavy atom. The van der Waals surface area contributed by atoms with Gasteiger partial charge >= 0.3 is 5.97 Å². The van der Waals surface area contributed by atoms with Crippen molar-refractivity contribution < 1.29 is 18.7 Å². The molecule has 0 saturated heterocycles. The maximum Gasteiger partial charge on any atom is 0.359 e. The summed E-state index contributed by atoms with van der Waals surface area (Å²) in [5.74, 6) is -1.86. The monoisotopic (exact) mass is 183 g/mol. The Morgan fingerprint density at radius 1 is 1.69 bits per heavy atom. The second kappa shape index (κ2) is 3.75. The van der Waals surface area contributed by atoms with Crippen LogP contribution in [0, 0.1) is 5.82 Å². The smallest absolute Gasteiger partial charge is 0.359 e. The van der Waals surface area contributed by atoms with Gasteiger partial charge < -0.3 is 4.74 Å². The summed E-state index contributed by atoms with van der Waals surface area (Å²) < 4.78 is 17.4. The average Bonchev–Trinajstić information content (AvgIpc) is 2.17. The van der Waals surface area contributed by atoms with Crippen LogP contribution in [0.2, 0.25) is 0 Å². The van der Waals surface area contributed by atoms with E-state index in [1.165, 1.54) is 12.3 Å². The lowest BCUT2D eigenvalue weighted by molar-refractivity contribution is 0.0588. The number of hydrogen-bond donors (Lipinski definition) is 0. The number of aldehydes is 1. The Balaban J connectivity index is 3.23. The number of methoxy groups -OCH3 is 1. The number of rotatable bonds is 2. The van der Waals surface area contributed by atoms with E-state index < -0.39 is 17.5 Å². The molecule has 0 aliphatic carbocycles. The van der Waals surface area contributed by atoms with Crippen molar-refractivity contribution in [3.05, 3.63) is 29.3 Å².